The molecule has 1 aliphatic heterocycles. The van der Waals surface area contributed by atoms with Crippen LogP contribution in [0.5, 0.6) is 0 Å². The molecule has 4 nitrogen and oxygen atoms in total. The largest absolute Gasteiger partial charge is 0.370 e. The smallest absolute Gasteiger partial charge is 0.125 e. The van der Waals surface area contributed by atoms with E-state index >= 15 is 0 Å². The van der Waals surface area contributed by atoms with Crippen molar-refractivity contribution >= 4 is 18.2 Å². The second-order valence-electron chi connectivity index (χ2n) is 4.34. The fourth-order valence-electron chi connectivity index (χ4n) is 2.18. The monoisotopic (exact) mass is 256 g/mol. The van der Waals surface area contributed by atoms with E-state index < -0.39 is 0 Å². The van der Waals surface area contributed by atoms with E-state index in [1.54, 1.807) is 0 Å². The molecule has 0 spiro atoms. The molecule has 5 heteroatoms. The molecule has 3 N–H and O–H groups in total. The minimum atomic E-state index is 0. The third-order valence-corrected chi connectivity index (χ3v) is 3.05. The number of hydrogen-bond donors (Lipinski definition) is 2. The average Bonchev–Trinajstić information content (AvgIpc) is 2.76. The van der Waals surface area contributed by atoms with Crippen LogP contribution in [0.25, 0.3) is 0 Å². The summed E-state index contributed by atoms with van der Waals surface area (Å²) < 4.78 is 0. The number of halogens is 1. The molecule has 1 atom stereocenters. The summed E-state index contributed by atoms with van der Waals surface area (Å²) in [5, 5.41) is 3.38. The van der Waals surface area contributed by atoms with Gasteiger partial charge in [-0.05, 0) is 31.0 Å². The van der Waals surface area contributed by atoms with E-state index in [-0.39, 0.29) is 12.4 Å². The summed E-state index contributed by atoms with van der Waals surface area (Å²) in [4.78, 5) is 6.69. The van der Waals surface area contributed by atoms with Crippen LogP contribution in [0, 0.1) is 5.92 Å². The summed E-state index contributed by atoms with van der Waals surface area (Å²) in [5.74, 6) is 1.70. The summed E-state index contributed by atoms with van der Waals surface area (Å²) in [6, 6.07) is 5.95. The number of rotatable bonds is 5. The van der Waals surface area contributed by atoms with Gasteiger partial charge in [-0.3, -0.25) is 0 Å². The Labute approximate surface area is 109 Å². The number of aromatic nitrogens is 1. The van der Waals surface area contributed by atoms with E-state index in [2.05, 4.69) is 15.2 Å². The van der Waals surface area contributed by atoms with Crippen molar-refractivity contribution in [1.29, 1.82) is 0 Å². The van der Waals surface area contributed by atoms with E-state index in [9.17, 15) is 0 Å². The molecule has 0 aromatic carbocycles. The molecule has 17 heavy (non-hydrogen) atoms. The third-order valence-electron chi connectivity index (χ3n) is 3.05. The van der Waals surface area contributed by atoms with Crippen molar-refractivity contribution in [3.05, 3.63) is 24.4 Å². The van der Waals surface area contributed by atoms with Crippen molar-refractivity contribution in [2.24, 2.45) is 11.7 Å². The van der Waals surface area contributed by atoms with Gasteiger partial charge in [0.25, 0.3) is 0 Å². The Morgan fingerprint density at radius 1 is 1.47 bits per heavy atom. The fraction of sp³-hybridized carbons (Fsp3) is 0.583. The van der Waals surface area contributed by atoms with Gasteiger partial charge in [-0.2, -0.15) is 0 Å². The first-order chi connectivity index (χ1) is 7.88. The number of likely N-dealkylation sites (tertiary alicyclic amines) is 1. The topological polar surface area (TPSA) is 54.2 Å². The first kappa shape index (κ1) is 14.2. The van der Waals surface area contributed by atoms with Gasteiger partial charge in [-0.1, -0.05) is 6.07 Å². The van der Waals surface area contributed by atoms with E-state index in [0.29, 0.717) is 0 Å². The summed E-state index contributed by atoms with van der Waals surface area (Å²) in [7, 11) is 0. The van der Waals surface area contributed by atoms with Crippen molar-refractivity contribution < 1.29 is 0 Å². The molecule has 2 rings (SSSR count). The van der Waals surface area contributed by atoms with Crippen LogP contribution in [0.1, 0.15) is 6.42 Å². The zero-order chi connectivity index (χ0) is 11.2. The number of nitrogens with two attached hydrogens (primary N) is 1. The van der Waals surface area contributed by atoms with Crippen LogP contribution in [0.3, 0.4) is 0 Å². The van der Waals surface area contributed by atoms with Crippen molar-refractivity contribution in [1.82, 2.24) is 9.88 Å². The molecular formula is C12H21ClN4. The minimum absolute atomic E-state index is 0. The predicted molar refractivity (Wildman–Crippen MR) is 73.6 cm³/mol. The van der Waals surface area contributed by atoms with E-state index in [1.807, 2.05) is 24.4 Å². The Hall–Kier alpha value is -0.840. The standard InChI is InChI=1S/C12H20N4.ClH/c13-5-8-16-7-4-11(10-16)9-15-12-3-1-2-6-14-12;/h1-3,6,11H,4-5,7-10,13H2,(H,14,15);1H. The van der Waals surface area contributed by atoms with Gasteiger partial charge in [0.1, 0.15) is 5.82 Å². The molecule has 0 radical (unpaired) electrons. The summed E-state index contributed by atoms with van der Waals surface area (Å²) in [6.45, 7) is 5.15. The average molecular weight is 257 g/mol. The predicted octanol–water partition coefficient (Wildman–Crippen LogP) is 1.20. The van der Waals surface area contributed by atoms with Gasteiger partial charge in [0.05, 0.1) is 0 Å². The Kier molecular flexibility index (Phi) is 6.26. The van der Waals surface area contributed by atoms with E-state index in [4.69, 9.17) is 5.73 Å². The zero-order valence-corrected chi connectivity index (χ0v) is 10.8. The molecule has 0 amide bonds. The maximum Gasteiger partial charge on any atom is 0.125 e. The van der Waals surface area contributed by atoms with Crippen molar-refractivity contribution in [2.45, 2.75) is 6.42 Å². The Morgan fingerprint density at radius 3 is 3.06 bits per heavy atom. The number of nitrogens with zero attached hydrogens (tertiary/aromatic N) is 2. The van der Waals surface area contributed by atoms with E-state index in [1.165, 1.54) is 13.0 Å². The molecule has 2 heterocycles. The van der Waals surface area contributed by atoms with Crippen LogP contribution in [0.2, 0.25) is 0 Å². The molecule has 1 aliphatic rings. The highest BCUT2D eigenvalue weighted by Gasteiger charge is 2.21. The number of pyridine rings is 1. The summed E-state index contributed by atoms with van der Waals surface area (Å²) in [6.07, 6.45) is 3.08. The van der Waals surface area contributed by atoms with Crippen LogP contribution >= 0.6 is 12.4 Å². The van der Waals surface area contributed by atoms with Crippen molar-refractivity contribution in [3.8, 4) is 0 Å². The zero-order valence-electron chi connectivity index (χ0n) is 10.0. The normalized spacial score (nSPS) is 19.9. The van der Waals surface area contributed by atoms with Crippen LogP contribution in [-0.2, 0) is 0 Å². The Balaban J connectivity index is 0.00000144. The van der Waals surface area contributed by atoms with Gasteiger partial charge in [0.2, 0.25) is 0 Å². The molecule has 96 valence electrons. The highest BCUT2D eigenvalue weighted by Crippen LogP contribution is 2.15. The maximum absolute atomic E-state index is 5.55. The quantitative estimate of drug-likeness (QED) is 0.831. The van der Waals surface area contributed by atoms with Gasteiger partial charge >= 0.3 is 0 Å². The molecular weight excluding hydrogens is 236 g/mol. The van der Waals surface area contributed by atoms with Gasteiger partial charge in [-0.25, -0.2) is 4.98 Å². The minimum Gasteiger partial charge on any atom is -0.370 e. The Bertz CT molecular complexity index is 307. The highest BCUT2D eigenvalue weighted by atomic mass is 35.5. The SMILES string of the molecule is Cl.NCCN1CCC(CNc2ccccn2)C1. The summed E-state index contributed by atoms with van der Waals surface area (Å²) >= 11 is 0. The van der Waals surface area contributed by atoms with Crippen molar-refractivity contribution in [3.63, 3.8) is 0 Å². The van der Waals surface area contributed by atoms with Gasteiger partial charge in [0, 0.05) is 32.4 Å². The first-order valence-corrected chi connectivity index (χ1v) is 5.96. The second kappa shape index (κ2) is 7.48. The maximum atomic E-state index is 5.55. The van der Waals surface area contributed by atoms with Crippen LogP contribution in [-0.4, -0.2) is 42.6 Å². The van der Waals surface area contributed by atoms with Gasteiger partial charge < -0.3 is 16.0 Å². The third kappa shape index (κ3) is 4.50. The molecule has 1 saturated heterocycles. The molecule has 1 aromatic heterocycles. The second-order valence-corrected chi connectivity index (χ2v) is 4.34. The van der Waals surface area contributed by atoms with Crippen LogP contribution < -0.4 is 11.1 Å². The number of nitrogens with one attached hydrogen (secondary N) is 1. The van der Waals surface area contributed by atoms with Gasteiger partial charge in [0.15, 0.2) is 0 Å². The lowest BCUT2D eigenvalue weighted by atomic mass is 10.1. The number of hydrogen-bond acceptors (Lipinski definition) is 4. The fourth-order valence-corrected chi connectivity index (χ4v) is 2.18. The molecule has 0 bridgehead atoms. The lowest BCUT2D eigenvalue weighted by Crippen LogP contribution is -2.28. The molecule has 1 fully saturated rings. The van der Waals surface area contributed by atoms with E-state index in [0.717, 1.165) is 37.9 Å². The first-order valence-electron chi connectivity index (χ1n) is 5.96. The summed E-state index contributed by atoms with van der Waals surface area (Å²) in [5.41, 5.74) is 5.55. The molecule has 1 unspecified atom stereocenters. The highest BCUT2D eigenvalue weighted by molar-refractivity contribution is 5.85. The van der Waals surface area contributed by atoms with Crippen molar-refractivity contribution in [2.75, 3.05) is 38.0 Å². The lowest BCUT2D eigenvalue weighted by molar-refractivity contribution is 0.335. The Morgan fingerprint density at radius 2 is 2.35 bits per heavy atom. The molecule has 0 saturated carbocycles. The van der Waals surface area contributed by atoms with Crippen LogP contribution in [0.15, 0.2) is 24.4 Å². The van der Waals surface area contributed by atoms with Crippen LogP contribution in [0.4, 0.5) is 5.82 Å². The number of anilines is 1. The molecule has 1 aromatic rings. The lowest BCUT2D eigenvalue weighted by Gasteiger charge is -2.15. The molecule has 0 aliphatic carbocycles. The van der Waals surface area contributed by atoms with Gasteiger partial charge in [-0.15, -0.1) is 12.4 Å².